The van der Waals surface area contributed by atoms with Crippen LogP contribution >= 0.6 is 11.8 Å². The maximum absolute atomic E-state index is 13.4. The van der Waals surface area contributed by atoms with Gasteiger partial charge in [-0.3, -0.25) is 9.59 Å². The van der Waals surface area contributed by atoms with Gasteiger partial charge in [0, 0.05) is 57.5 Å². The Balaban J connectivity index is 1.17. The van der Waals surface area contributed by atoms with Crippen molar-refractivity contribution in [1.82, 2.24) is 14.7 Å². The van der Waals surface area contributed by atoms with Gasteiger partial charge in [0.25, 0.3) is 0 Å². The summed E-state index contributed by atoms with van der Waals surface area (Å²) in [6.45, 7) is 5.64. The third-order valence-electron chi connectivity index (χ3n) is 7.59. The van der Waals surface area contributed by atoms with E-state index < -0.39 is 0 Å². The number of nitrogens with one attached hydrogen (secondary N) is 1. The standard InChI is InChI=1S/C29H36N4O4S/c1-2-37-18-8-15-32-27(35)25(38-28(32)21-9-4-3-5-10-21)19-26(34)31-16-13-23(14-17-31)33-20-22-11-6-7-12-24(22)30-29(33)36/h3-7,9-12,23,25,28H,2,8,13-20H2,1H3,(H,30,36). The molecule has 202 valence electrons. The number of carbonyl (C=O) groups is 3. The second kappa shape index (κ2) is 12.2. The van der Waals surface area contributed by atoms with Crippen molar-refractivity contribution in [1.29, 1.82) is 0 Å². The van der Waals surface area contributed by atoms with E-state index in [1.807, 2.05) is 76.2 Å². The Morgan fingerprint density at radius 1 is 1.05 bits per heavy atom. The van der Waals surface area contributed by atoms with Crippen LogP contribution in [0.2, 0.25) is 0 Å². The van der Waals surface area contributed by atoms with Crippen molar-refractivity contribution in [2.24, 2.45) is 0 Å². The summed E-state index contributed by atoms with van der Waals surface area (Å²) >= 11 is 1.58. The van der Waals surface area contributed by atoms with Gasteiger partial charge >= 0.3 is 6.03 Å². The minimum absolute atomic E-state index is 0.0192. The lowest BCUT2D eigenvalue weighted by Gasteiger charge is -2.40. The number of hydrogen-bond acceptors (Lipinski definition) is 5. The Bertz CT molecular complexity index is 1140. The van der Waals surface area contributed by atoms with Crippen molar-refractivity contribution in [3.05, 3.63) is 65.7 Å². The monoisotopic (exact) mass is 536 g/mol. The van der Waals surface area contributed by atoms with Crippen molar-refractivity contribution < 1.29 is 19.1 Å². The zero-order valence-corrected chi connectivity index (χ0v) is 22.7. The van der Waals surface area contributed by atoms with E-state index in [1.165, 1.54) is 0 Å². The Kier molecular flexibility index (Phi) is 8.54. The quantitative estimate of drug-likeness (QED) is 0.478. The lowest BCUT2D eigenvalue weighted by Crippen LogP contribution is -2.51. The van der Waals surface area contributed by atoms with E-state index >= 15 is 0 Å². The summed E-state index contributed by atoms with van der Waals surface area (Å²) in [5.41, 5.74) is 3.07. The number of rotatable bonds is 9. The number of anilines is 1. The summed E-state index contributed by atoms with van der Waals surface area (Å²) < 4.78 is 5.48. The molecule has 4 amide bonds. The van der Waals surface area contributed by atoms with E-state index in [4.69, 9.17) is 4.74 Å². The predicted molar refractivity (Wildman–Crippen MR) is 149 cm³/mol. The van der Waals surface area contributed by atoms with Gasteiger partial charge in [-0.25, -0.2) is 4.79 Å². The van der Waals surface area contributed by atoms with E-state index in [0.29, 0.717) is 39.4 Å². The number of fused-ring (bicyclic) bond motifs is 1. The van der Waals surface area contributed by atoms with Crippen LogP contribution in [0.5, 0.6) is 0 Å². The van der Waals surface area contributed by atoms with E-state index in [2.05, 4.69) is 5.32 Å². The first-order valence-corrected chi connectivity index (χ1v) is 14.5. The van der Waals surface area contributed by atoms with Crippen LogP contribution in [0.1, 0.15) is 49.1 Å². The van der Waals surface area contributed by atoms with Gasteiger partial charge in [0.15, 0.2) is 0 Å². The molecule has 9 heteroatoms. The van der Waals surface area contributed by atoms with Crippen molar-refractivity contribution in [3.63, 3.8) is 0 Å². The number of benzene rings is 2. The number of ether oxygens (including phenoxy) is 1. The summed E-state index contributed by atoms with van der Waals surface area (Å²) in [6, 6.07) is 17.9. The van der Waals surface area contributed by atoms with Crippen LogP contribution in [-0.4, -0.2) is 76.7 Å². The second-order valence-corrected chi connectivity index (χ2v) is 11.3. The van der Waals surface area contributed by atoms with Gasteiger partial charge < -0.3 is 24.8 Å². The number of urea groups is 1. The molecule has 8 nitrogen and oxygen atoms in total. The molecular formula is C29H36N4O4S. The van der Waals surface area contributed by atoms with Crippen molar-refractivity contribution >= 4 is 35.3 Å². The molecule has 2 atom stereocenters. The van der Waals surface area contributed by atoms with E-state index in [-0.39, 0.29) is 40.9 Å². The molecule has 0 aromatic heterocycles. The molecule has 5 rings (SSSR count). The lowest BCUT2D eigenvalue weighted by atomic mass is 10.0. The molecule has 0 bridgehead atoms. The fourth-order valence-corrected chi connectivity index (χ4v) is 7.01. The first kappa shape index (κ1) is 26.6. The maximum atomic E-state index is 13.4. The molecule has 3 heterocycles. The van der Waals surface area contributed by atoms with Gasteiger partial charge in [-0.05, 0) is 43.4 Å². The van der Waals surface area contributed by atoms with E-state index in [0.717, 1.165) is 36.1 Å². The maximum Gasteiger partial charge on any atom is 0.322 e. The van der Waals surface area contributed by atoms with Crippen molar-refractivity contribution in [2.45, 2.75) is 55.8 Å². The average Bonchev–Trinajstić information content (AvgIpc) is 3.25. The van der Waals surface area contributed by atoms with Crippen LogP contribution in [0, 0.1) is 0 Å². The lowest BCUT2D eigenvalue weighted by molar-refractivity contribution is -0.137. The number of amides is 4. The van der Waals surface area contributed by atoms with Crippen LogP contribution in [-0.2, 0) is 20.9 Å². The van der Waals surface area contributed by atoms with Gasteiger partial charge in [0.2, 0.25) is 11.8 Å². The smallest absolute Gasteiger partial charge is 0.322 e. The molecule has 1 N–H and O–H groups in total. The topological polar surface area (TPSA) is 82.2 Å². The molecule has 0 saturated carbocycles. The average molecular weight is 537 g/mol. The number of nitrogens with zero attached hydrogens (tertiary/aromatic N) is 3. The van der Waals surface area contributed by atoms with Crippen LogP contribution in [0.4, 0.5) is 10.5 Å². The normalized spacial score (nSPS) is 22.0. The summed E-state index contributed by atoms with van der Waals surface area (Å²) in [6.07, 6.45) is 2.45. The second-order valence-electron chi connectivity index (χ2n) is 10.0. The van der Waals surface area contributed by atoms with Gasteiger partial charge in [-0.2, -0.15) is 0 Å². The fourth-order valence-electron chi connectivity index (χ4n) is 5.54. The van der Waals surface area contributed by atoms with Crippen LogP contribution in [0.25, 0.3) is 0 Å². The zero-order valence-electron chi connectivity index (χ0n) is 21.9. The molecule has 2 aromatic carbocycles. The Hall–Kier alpha value is -3.04. The molecule has 0 aliphatic carbocycles. The predicted octanol–water partition coefficient (Wildman–Crippen LogP) is 4.48. The van der Waals surface area contributed by atoms with Crippen molar-refractivity contribution in [3.8, 4) is 0 Å². The fraction of sp³-hybridized carbons (Fsp3) is 0.483. The highest BCUT2D eigenvalue weighted by Crippen LogP contribution is 2.44. The highest BCUT2D eigenvalue weighted by molar-refractivity contribution is 8.01. The number of piperidine rings is 1. The molecule has 38 heavy (non-hydrogen) atoms. The largest absolute Gasteiger partial charge is 0.382 e. The van der Waals surface area contributed by atoms with Crippen LogP contribution in [0.3, 0.4) is 0 Å². The number of likely N-dealkylation sites (tertiary alicyclic amines) is 1. The number of thioether (sulfide) groups is 1. The van der Waals surface area contributed by atoms with Gasteiger partial charge in [-0.15, -0.1) is 11.8 Å². The minimum Gasteiger partial charge on any atom is -0.382 e. The molecule has 0 radical (unpaired) electrons. The highest BCUT2D eigenvalue weighted by atomic mass is 32.2. The van der Waals surface area contributed by atoms with E-state index in [1.54, 1.807) is 11.8 Å². The first-order chi connectivity index (χ1) is 18.5. The van der Waals surface area contributed by atoms with E-state index in [9.17, 15) is 14.4 Å². The molecule has 2 unspecified atom stereocenters. The molecular weight excluding hydrogens is 500 g/mol. The highest BCUT2D eigenvalue weighted by Gasteiger charge is 2.42. The van der Waals surface area contributed by atoms with Gasteiger partial charge in [0.05, 0.1) is 5.25 Å². The Morgan fingerprint density at radius 2 is 1.79 bits per heavy atom. The van der Waals surface area contributed by atoms with Crippen LogP contribution < -0.4 is 5.32 Å². The number of para-hydroxylation sites is 1. The summed E-state index contributed by atoms with van der Waals surface area (Å²) in [7, 11) is 0. The summed E-state index contributed by atoms with van der Waals surface area (Å²) in [4.78, 5) is 45.1. The van der Waals surface area contributed by atoms with Crippen LogP contribution in [0.15, 0.2) is 54.6 Å². The molecule has 2 fully saturated rings. The molecule has 3 aliphatic rings. The molecule has 3 aliphatic heterocycles. The molecule has 0 spiro atoms. The SMILES string of the molecule is CCOCCCN1C(=O)C(CC(=O)N2CCC(N3Cc4ccccc4NC3=O)CC2)SC1c1ccccc1. The Labute approximate surface area is 228 Å². The molecule has 2 saturated heterocycles. The minimum atomic E-state index is -0.387. The third-order valence-corrected chi connectivity index (χ3v) is 9.07. The number of hydrogen-bond donors (Lipinski definition) is 1. The molecule has 2 aromatic rings. The third kappa shape index (κ3) is 5.83. The van der Waals surface area contributed by atoms with Gasteiger partial charge in [0.1, 0.15) is 5.37 Å². The summed E-state index contributed by atoms with van der Waals surface area (Å²) in [5.74, 6) is 0.0537. The number of carbonyl (C=O) groups excluding carboxylic acids is 3. The Morgan fingerprint density at radius 3 is 2.55 bits per heavy atom. The van der Waals surface area contributed by atoms with Crippen molar-refractivity contribution in [2.75, 3.05) is 38.2 Å². The first-order valence-electron chi connectivity index (χ1n) is 13.6. The van der Waals surface area contributed by atoms with Gasteiger partial charge in [-0.1, -0.05) is 48.5 Å². The zero-order chi connectivity index (χ0) is 26.5. The summed E-state index contributed by atoms with van der Waals surface area (Å²) in [5, 5.41) is 2.52.